The zero-order chi connectivity index (χ0) is 17.2. The quantitative estimate of drug-likeness (QED) is 0.743. The smallest absolute Gasteiger partial charge is 0.238 e. The van der Waals surface area contributed by atoms with Crippen molar-refractivity contribution in [2.75, 3.05) is 5.32 Å². The number of hydrogen-bond donors (Lipinski definition) is 1. The van der Waals surface area contributed by atoms with E-state index in [0.29, 0.717) is 22.8 Å². The summed E-state index contributed by atoms with van der Waals surface area (Å²) in [6.07, 6.45) is 4.83. The van der Waals surface area contributed by atoms with Crippen LogP contribution in [0.5, 0.6) is 0 Å². The number of aromatic nitrogens is 1. The van der Waals surface area contributed by atoms with Gasteiger partial charge >= 0.3 is 0 Å². The number of anilines is 1. The van der Waals surface area contributed by atoms with E-state index in [9.17, 15) is 4.79 Å². The van der Waals surface area contributed by atoms with E-state index in [0.717, 1.165) is 11.1 Å². The molecule has 1 atom stereocenters. The summed E-state index contributed by atoms with van der Waals surface area (Å²) >= 11 is 0. The van der Waals surface area contributed by atoms with Gasteiger partial charge in [0.05, 0.1) is 23.6 Å². The normalized spacial score (nSPS) is 15.8. The van der Waals surface area contributed by atoms with Crippen LogP contribution in [0.4, 0.5) is 11.5 Å². The number of fused-ring (bicyclic) bond motifs is 1. The summed E-state index contributed by atoms with van der Waals surface area (Å²) in [5.41, 5.74) is 2.69. The van der Waals surface area contributed by atoms with Crippen LogP contribution in [0.15, 0.2) is 64.3 Å². The van der Waals surface area contributed by atoms with Crippen molar-refractivity contribution < 1.29 is 9.21 Å². The predicted molar refractivity (Wildman–Crippen MR) is 92.6 cm³/mol. The van der Waals surface area contributed by atoms with Gasteiger partial charge in [-0.25, -0.2) is 4.98 Å². The van der Waals surface area contributed by atoms with Gasteiger partial charge < -0.3 is 9.73 Å². The number of furan rings is 1. The molecule has 0 aliphatic carbocycles. The fraction of sp³-hybridized carbons (Fsp3) is 0.0526. The highest BCUT2D eigenvalue weighted by molar-refractivity contribution is 6.12. The highest BCUT2D eigenvalue weighted by atomic mass is 16.3. The summed E-state index contributed by atoms with van der Waals surface area (Å²) in [6, 6.07) is 14.5. The molecule has 25 heavy (non-hydrogen) atoms. The van der Waals surface area contributed by atoms with Crippen molar-refractivity contribution in [3.63, 3.8) is 0 Å². The maximum Gasteiger partial charge on any atom is 0.238 e. The number of benzene rings is 1. The van der Waals surface area contributed by atoms with Gasteiger partial charge in [-0.2, -0.15) is 5.26 Å². The Balaban J connectivity index is 1.68. The van der Waals surface area contributed by atoms with Crippen LogP contribution in [-0.4, -0.2) is 17.1 Å². The number of nitrogens with one attached hydrogen (secondary N) is 1. The summed E-state index contributed by atoms with van der Waals surface area (Å²) in [4.78, 5) is 20.9. The summed E-state index contributed by atoms with van der Waals surface area (Å²) in [6.45, 7) is 0. The first kappa shape index (κ1) is 14.8. The van der Waals surface area contributed by atoms with E-state index < -0.39 is 5.92 Å². The molecule has 3 aromatic rings. The monoisotopic (exact) mass is 328 g/mol. The molecular formula is C19H12N4O2. The van der Waals surface area contributed by atoms with Crippen molar-refractivity contribution in [2.45, 2.75) is 5.92 Å². The third-order valence-corrected chi connectivity index (χ3v) is 3.93. The molecule has 2 aromatic heterocycles. The minimum absolute atomic E-state index is 0.181. The summed E-state index contributed by atoms with van der Waals surface area (Å²) in [5.74, 6) is 0.497. The van der Waals surface area contributed by atoms with Gasteiger partial charge in [0.15, 0.2) is 0 Å². The Labute approximate surface area is 143 Å². The van der Waals surface area contributed by atoms with Gasteiger partial charge in [-0.05, 0) is 36.4 Å². The van der Waals surface area contributed by atoms with Gasteiger partial charge in [-0.3, -0.25) is 9.79 Å². The zero-order valence-electron chi connectivity index (χ0n) is 13.0. The Morgan fingerprint density at radius 3 is 3.00 bits per heavy atom. The van der Waals surface area contributed by atoms with E-state index in [1.807, 2.05) is 12.1 Å². The molecule has 0 bridgehead atoms. The van der Waals surface area contributed by atoms with Gasteiger partial charge in [0.2, 0.25) is 5.91 Å². The van der Waals surface area contributed by atoms with E-state index in [1.165, 1.54) is 0 Å². The van der Waals surface area contributed by atoms with E-state index in [1.54, 1.807) is 49.0 Å². The standard InChI is InChI=1S/C19H12N4O2/c20-9-12-3-1-4-14(7-12)21-11-16-15-8-13(17-5-2-6-25-17)10-22-18(15)23-19(16)24/h1-8,10-11,16H,(H,22,23,24). The van der Waals surface area contributed by atoms with E-state index in [4.69, 9.17) is 9.68 Å². The zero-order valence-corrected chi connectivity index (χ0v) is 13.0. The van der Waals surface area contributed by atoms with E-state index in [-0.39, 0.29) is 5.91 Å². The molecule has 4 rings (SSSR count). The van der Waals surface area contributed by atoms with Crippen molar-refractivity contribution in [1.29, 1.82) is 5.26 Å². The molecule has 0 spiro atoms. The first-order chi connectivity index (χ1) is 12.2. The third kappa shape index (κ3) is 2.79. The molecule has 1 N–H and O–H groups in total. The van der Waals surface area contributed by atoms with Crippen LogP contribution < -0.4 is 5.32 Å². The summed E-state index contributed by atoms with van der Waals surface area (Å²) in [5, 5.41) is 11.7. The van der Waals surface area contributed by atoms with Crippen LogP contribution in [0.1, 0.15) is 17.0 Å². The van der Waals surface area contributed by atoms with Gasteiger partial charge in [-0.15, -0.1) is 0 Å². The number of rotatable bonds is 3. The number of nitrogens with zero attached hydrogens (tertiary/aromatic N) is 3. The Bertz CT molecular complexity index is 1020. The minimum Gasteiger partial charge on any atom is -0.464 e. The molecule has 0 saturated carbocycles. The van der Waals surface area contributed by atoms with Gasteiger partial charge in [0.25, 0.3) is 0 Å². The van der Waals surface area contributed by atoms with Crippen molar-refractivity contribution >= 4 is 23.6 Å². The lowest BCUT2D eigenvalue weighted by Gasteiger charge is -2.04. The predicted octanol–water partition coefficient (Wildman–Crippen LogP) is 3.65. The topological polar surface area (TPSA) is 91.3 Å². The lowest BCUT2D eigenvalue weighted by molar-refractivity contribution is -0.115. The van der Waals surface area contributed by atoms with Gasteiger partial charge in [-0.1, -0.05) is 6.07 Å². The second kappa shape index (κ2) is 6.06. The second-order valence-electron chi connectivity index (χ2n) is 5.55. The van der Waals surface area contributed by atoms with E-state index >= 15 is 0 Å². The molecule has 1 aliphatic heterocycles. The largest absolute Gasteiger partial charge is 0.464 e. The number of nitriles is 1. The molecular weight excluding hydrogens is 316 g/mol. The van der Waals surface area contributed by atoms with Gasteiger partial charge in [0.1, 0.15) is 17.5 Å². The number of carbonyl (C=O) groups excluding carboxylic acids is 1. The number of amides is 1. The third-order valence-electron chi connectivity index (χ3n) is 3.93. The van der Waals surface area contributed by atoms with Crippen LogP contribution in [0.3, 0.4) is 0 Å². The average molecular weight is 328 g/mol. The van der Waals surface area contributed by atoms with E-state index in [2.05, 4.69) is 21.4 Å². The van der Waals surface area contributed by atoms with Gasteiger partial charge in [0, 0.05) is 23.5 Å². The number of pyridine rings is 1. The Hall–Kier alpha value is -3.72. The van der Waals surface area contributed by atoms with Crippen molar-refractivity contribution in [3.8, 4) is 17.4 Å². The maximum atomic E-state index is 12.3. The molecule has 120 valence electrons. The van der Waals surface area contributed by atoms with Crippen LogP contribution >= 0.6 is 0 Å². The van der Waals surface area contributed by atoms with Crippen LogP contribution in [0, 0.1) is 11.3 Å². The van der Waals surface area contributed by atoms with Crippen molar-refractivity contribution in [3.05, 3.63) is 66.1 Å². The first-order valence-corrected chi connectivity index (χ1v) is 7.63. The highest BCUT2D eigenvalue weighted by Crippen LogP contribution is 2.33. The molecule has 1 amide bonds. The maximum absolute atomic E-state index is 12.3. The minimum atomic E-state index is -0.539. The highest BCUT2D eigenvalue weighted by Gasteiger charge is 2.30. The van der Waals surface area contributed by atoms with Crippen molar-refractivity contribution in [2.24, 2.45) is 4.99 Å². The number of aliphatic imine (C=N–C) groups is 1. The average Bonchev–Trinajstić information content (AvgIpc) is 3.27. The fourth-order valence-electron chi connectivity index (χ4n) is 2.70. The molecule has 1 unspecified atom stereocenters. The molecule has 0 fully saturated rings. The second-order valence-corrected chi connectivity index (χ2v) is 5.55. The van der Waals surface area contributed by atoms with Crippen molar-refractivity contribution in [1.82, 2.24) is 4.98 Å². The molecule has 6 nitrogen and oxygen atoms in total. The molecule has 6 heteroatoms. The lowest BCUT2D eigenvalue weighted by Crippen LogP contribution is -2.12. The Kier molecular flexibility index (Phi) is 3.60. The number of carbonyl (C=O) groups is 1. The fourth-order valence-corrected chi connectivity index (χ4v) is 2.70. The molecule has 1 aromatic carbocycles. The Morgan fingerprint density at radius 2 is 2.20 bits per heavy atom. The summed E-state index contributed by atoms with van der Waals surface area (Å²) < 4.78 is 5.39. The molecule has 3 heterocycles. The Morgan fingerprint density at radius 1 is 1.28 bits per heavy atom. The molecule has 1 aliphatic rings. The number of hydrogen-bond acceptors (Lipinski definition) is 5. The molecule has 0 radical (unpaired) electrons. The molecule has 0 saturated heterocycles. The summed E-state index contributed by atoms with van der Waals surface area (Å²) in [7, 11) is 0. The van der Waals surface area contributed by atoms with Crippen LogP contribution in [-0.2, 0) is 4.79 Å². The van der Waals surface area contributed by atoms with Crippen LogP contribution in [0.2, 0.25) is 0 Å². The lowest BCUT2D eigenvalue weighted by atomic mass is 10.0. The first-order valence-electron chi connectivity index (χ1n) is 7.63. The SMILES string of the molecule is N#Cc1cccc(N=CC2C(=O)Nc3ncc(-c4ccco4)cc32)c1. The van der Waals surface area contributed by atoms with Crippen LogP contribution in [0.25, 0.3) is 11.3 Å².